The molecular weight excluding hydrogens is 342 g/mol. The number of rotatable bonds is 4. The first-order chi connectivity index (χ1) is 12.5. The molecule has 26 heavy (non-hydrogen) atoms. The fourth-order valence-corrected chi connectivity index (χ4v) is 2.65. The van der Waals surface area contributed by atoms with E-state index in [0.29, 0.717) is 6.42 Å². The monoisotopic (exact) mass is 361 g/mol. The summed E-state index contributed by atoms with van der Waals surface area (Å²) in [6, 6.07) is 0. The zero-order valence-electron chi connectivity index (χ0n) is 13.7. The predicted octanol–water partition coefficient (Wildman–Crippen LogP) is -1.69. The average Bonchev–Trinajstić information content (AvgIpc) is 3.16. The summed E-state index contributed by atoms with van der Waals surface area (Å²) in [7, 11) is 0. The van der Waals surface area contributed by atoms with Crippen LogP contribution in [0.3, 0.4) is 0 Å². The maximum atomic E-state index is 10.2. The fourth-order valence-electron chi connectivity index (χ4n) is 2.65. The number of hydrogen-bond donors (Lipinski definition) is 5. The van der Waals surface area contributed by atoms with Crippen LogP contribution >= 0.6 is 0 Å². The van der Waals surface area contributed by atoms with E-state index >= 15 is 0 Å². The van der Waals surface area contributed by atoms with Crippen LogP contribution in [0, 0.1) is 11.8 Å². The second-order valence-electron chi connectivity index (χ2n) is 5.79. The summed E-state index contributed by atoms with van der Waals surface area (Å²) in [5.41, 5.74) is 6.41. The molecule has 3 heterocycles. The maximum Gasteiger partial charge on any atom is 0.209 e. The number of nitrogens with zero attached hydrogens (tertiary/aromatic N) is 4. The van der Waals surface area contributed by atoms with E-state index < -0.39 is 37.3 Å². The molecule has 1 unspecified atom stereocenters. The molecule has 0 bridgehead atoms. The van der Waals surface area contributed by atoms with E-state index in [1.165, 1.54) is 17.0 Å². The number of aromatic nitrogens is 4. The van der Waals surface area contributed by atoms with Gasteiger partial charge in [0.15, 0.2) is 17.7 Å². The molecule has 2 aromatic rings. The number of fused-ring (bicyclic) bond motifs is 1. The summed E-state index contributed by atoms with van der Waals surface area (Å²) >= 11 is 0. The molecule has 0 saturated carbocycles. The topological polar surface area (TPSA) is 160 Å². The number of nitrogen functional groups attached to an aromatic ring is 1. The zero-order valence-corrected chi connectivity index (χ0v) is 13.7. The highest BCUT2D eigenvalue weighted by Crippen LogP contribution is 2.31. The second kappa shape index (κ2) is 7.36. The first kappa shape index (κ1) is 18.2. The van der Waals surface area contributed by atoms with Crippen molar-refractivity contribution in [3.8, 4) is 11.8 Å². The highest BCUT2D eigenvalue weighted by Gasteiger charge is 2.44. The Bertz CT molecular complexity index is 873. The molecule has 0 aliphatic carbocycles. The van der Waals surface area contributed by atoms with Crippen LogP contribution in [0.4, 0.5) is 5.82 Å². The summed E-state index contributed by atoms with van der Waals surface area (Å²) in [6.45, 7) is 3.07. The van der Waals surface area contributed by atoms with Crippen molar-refractivity contribution in [3.63, 3.8) is 0 Å². The van der Waals surface area contributed by atoms with E-state index in [-0.39, 0.29) is 22.8 Å². The van der Waals surface area contributed by atoms with E-state index in [4.69, 9.17) is 10.5 Å². The van der Waals surface area contributed by atoms with Gasteiger partial charge in [0.25, 0.3) is 0 Å². The summed E-state index contributed by atoms with van der Waals surface area (Å²) < 4.78 is 6.87. The number of imidazole rings is 1. The highest BCUT2D eigenvalue weighted by atomic mass is 16.6. The normalized spacial score (nSPS) is 26.5. The first-order valence-electron chi connectivity index (χ1n) is 7.89. The second-order valence-corrected chi connectivity index (χ2v) is 5.79. The van der Waals surface area contributed by atoms with Gasteiger partial charge in [-0.2, -0.15) is 0 Å². The van der Waals surface area contributed by atoms with Gasteiger partial charge in [-0.05, 0) is 5.92 Å². The Hall–Kier alpha value is -2.55. The lowest BCUT2D eigenvalue weighted by atomic mass is 10.1. The Morgan fingerprint density at radius 1 is 1.38 bits per heavy atom. The van der Waals surface area contributed by atoms with Crippen LogP contribution < -0.4 is 5.73 Å². The van der Waals surface area contributed by atoms with Gasteiger partial charge in [0.05, 0.1) is 12.9 Å². The molecule has 0 spiro atoms. The van der Waals surface area contributed by atoms with E-state index in [0.717, 1.165) is 0 Å². The number of anilines is 1. The number of ether oxygens (including phenoxy) is 1. The Kier molecular flexibility index (Phi) is 5.17. The van der Waals surface area contributed by atoms with Gasteiger partial charge in [-0.3, -0.25) is 4.57 Å². The highest BCUT2D eigenvalue weighted by molar-refractivity contribution is 5.82. The van der Waals surface area contributed by atoms with E-state index in [2.05, 4.69) is 33.4 Å². The average molecular weight is 361 g/mol. The van der Waals surface area contributed by atoms with Crippen molar-refractivity contribution in [2.45, 2.75) is 37.1 Å². The zero-order chi connectivity index (χ0) is 18.8. The van der Waals surface area contributed by atoms with Crippen LogP contribution in [-0.2, 0) is 4.74 Å². The molecule has 1 aliphatic heterocycles. The molecule has 2 aromatic heterocycles. The molecule has 6 N–H and O–H groups in total. The summed E-state index contributed by atoms with van der Waals surface area (Å²) in [6.07, 6.45) is -2.20. The van der Waals surface area contributed by atoms with Gasteiger partial charge in [-0.25, -0.2) is 15.0 Å². The lowest BCUT2D eigenvalue weighted by Gasteiger charge is -2.16. The SMILES string of the molecule is C=CCC(O)C#Cc1nc(N)c2ncn([C@@H]3O[C@H](CO)[C@@H](O)[C@H]3O)c2n1. The predicted molar refractivity (Wildman–Crippen MR) is 90.4 cm³/mol. The van der Waals surface area contributed by atoms with Crippen LogP contribution in [0.1, 0.15) is 18.5 Å². The minimum absolute atomic E-state index is 0.0617. The quantitative estimate of drug-likeness (QED) is 0.316. The summed E-state index contributed by atoms with van der Waals surface area (Å²) in [5, 5.41) is 39.0. The van der Waals surface area contributed by atoms with Crippen molar-refractivity contribution in [2.75, 3.05) is 12.3 Å². The van der Waals surface area contributed by atoms with Crippen molar-refractivity contribution in [2.24, 2.45) is 0 Å². The molecule has 0 amide bonds. The molecule has 3 rings (SSSR count). The standard InChI is InChI=1S/C16H19N5O5/c1-2-3-8(23)4-5-10-19-14(17)11-15(20-10)21(7-18-11)16-13(25)12(24)9(6-22)26-16/h2,7-9,12-13,16,22-25H,1,3,6H2,(H2,17,19,20)/t8?,9-,12-,13-,16-/m1/s1. The van der Waals surface area contributed by atoms with E-state index in [9.17, 15) is 20.4 Å². The number of aliphatic hydroxyl groups is 4. The Balaban J connectivity index is 1.99. The van der Waals surface area contributed by atoms with Crippen LogP contribution in [-0.4, -0.2) is 71.0 Å². The van der Waals surface area contributed by atoms with Crippen molar-refractivity contribution < 1.29 is 25.2 Å². The lowest BCUT2D eigenvalue weighted by Crippen LogP contribution is -2.33. The molecule has 10 heteroatoms. The molecule has 0 radical (unpaired) electrons. The third-order valence-corrected chi connectivity index (χ3v) is 3.98. The summed E-state index contributed by atoms with van der Waals surface area (Å²) in [4.78, 5) is 12.4. The molecule has 0 aromatic carbocycles. The van der Waals surface area contributed by atoms with Crippen LogP contribution in [0.15, 0.2) is 19.0 Å². The fraction of sp³-hybridized carbons (Fsp3) is 0.438. The lowest BCUT2D eigenvalue weighted by molar-refractivity contribution is -0.0511. The molecule has 1 fully saturated rings. The van der Waals surface area contributed by atoms with Gasteiger partial charge in [-0.15, -0.1) is 6.58 Å². The smallest absolute Gasteiger partial charge is 0.209 e. The minimum atomic E-state index is -1.29. The third-order valence-electron chi connectivity index (χ3n) is 3.98. The Labute approximate surface area is 148 Å². The number of aliphatic hydroxyl groups excluding tert-OH is 4. The minimum Gasteiger partial charge on any atom is -0.394 e. The van der Waals surface area contributed by atoms with Crippen LogP contribution in [0.2, 0.25) is 0 Å². The largest absolute Gasteiger partial charge is 0.394 e. The van der Waals surface area contributed by atoms with Gasteiger partial charge in [0.1, 0.15) is 29.9 Å². The molecule has 1 aliphatic rings. The Morgan fingerprint density at radius 3 is 2.81 bits per heavy atom. The number of hydrogen-bond acceptors (Lipinski definition) is 9. The van der Waals surface area contributed by atoms with Crippen molar-refractivity contribution in [3.05, 3.63) is 24.8 Å². The first-order valence-corrected chi connectivity index (χ1v) is 7.89. The van der Waals surface area contributed by atoms with Crippen molar-refractivity contribution in [1.82, 2.24) is 19.5 Å². The van der Waals surface area contributed by atoms with Gasteiger partial charge in [0, 0.05) is 6.42 Å². The molecular formula is C16H19N5O5. The molecule has 10 nitrogen and oxygen atoms in total. The number of nitrogens with two attached hydrogens (primary N) is 1. The molecule has 5 atom stereocenters. The van der Waals surface area contributed by atoms with E-state index in [1.807, 2.05) is 0 Å². The van der Waals surface area contributed by atoms with Crippen LogP contribution in [0.25, 0.3) is 11.2 Å². The van der Waals surface area contributed by atoms with Crippen LogP contribution in [0.5, 0.6) is 0 Å². The van der Waals surface area contributed by atoms with Gasteiger partial charge < -0.3 is 30.9 Å². The molecule has 138 valence electrons. The molecule has 1 saturated heterocycles. The third kappa shape index (κ3) is 3.26. The van der Waals surface area contributed by atoms with E-state index in [1.54, 1.807) is 0 Å². The maximum absolute atomic E-state index is 10.2. The van der Waals surface area contributed by atoms with Gasteiger partial charge in [0.2, 0.25) is 5.82 Å². The Morgan fingerprint density at radius 2 is 2.15 bits per heavy atom. The van der Waals surface area contributed by atoms with Crippen molar-refractivity contribution >= 4 is 17.0 Å². The van der Waals surface area contributed by atoms with Crippen molar-refractivity contribution in [1.29, 1.82) is 0 Å². The van der Waals surface area contributed by atoms with Gasteiger partial charge >= 0.3 is 0 Å². The summed E-state index contributed by atoms with van der Waals surface area (Å²) in [5.74, 6) is 5.34. The van der Waals surface area contributed by atoms with Gasteiger partial charge in [-0.1, -0.05) is 12.0 Å².